The average molecular weight is 255 g/mol. The molecule has 1 aromatic carbocycles. The Balaban J connectivity index is 2.23. The number of pyridine rings is 1. The number of hydrogen-bond acceptors (Lipinski definition) is 4. The molecule has 98 valence electrons. The topological polar surface area (TPSA) is 57.9 Å². The van der Waals surface area contributed by atoms with E-state index in [2.05, 4.69) is 23.3 Å². The Morgan fingerprint density at radius 2 is 2.21 bits per heavy atom. The van der Waals surface area contributed by atoms with Gasteiger partial charge in [-0.3, -0.25) is 0 Å². The third-order valence-electron chi connectivity index (χ3n) is 2.92. The summed E-state index contributed by atoms with van der Waals surface area (Å²) in [6.07, 6.45) is 0. The van der Waals surface area contributed by atoms with Crippen molar-refractivity contribution < 1.29 is 4.74 Å². The number of methoxy groups -OCH3 is 1. The second kappa shape index (κ2) is 6.17. The first-order valence-corrected chi connectivity index (χ1v) is 6.27. The van der Waals surface area contributed by atoms with Gasteiger partial charge in [-0.05, 0) is 18.1 Å². The van der Waals surface area contributed by atoms with Crippen molar-refractivity contribution in [2.45, 2.75) is 6.92 Å². The minimum Gasteiger partial charge on any atom is -0.384 e. The van der Waals surface area contributed by atoms with E-state index in [0.717, 1.165) is 23.3 Å². The van der Waals surface area contributed by atoms with Crippen molar-refractivity contribution in [3.63, 3.8) is 0 Å². The van der Waals surface area contributed by atoms with Crippen LogP contribution in [0.25, 0.3) is 10.9 Å². The van der Waals surface area contributed by atoms with Crippen molar-refractivity contribution in [1.82, 2.24) is 4.98 Å². The lowest BCUT2D eigenvalue weighted by Gasteiger charge is -2.12. The van der Waals surface area contributed by atoms with Gasteiger partial charge in [-0.15, -0.1) is 0 Å². The summed E-state index contributed by atoms with van der Waals surface area (Å²) in [5.41, 5.74) is 1.48. The number of aromatic nitrogens is 1. The Bertz CT molecular complexity index is 604. The summed E-state index contributed by atoms with van der Waals surface area (Å²) in [5, 5.41) is 13.3. The Labute approximate surface area is 113 Å². The van der Waals surface area contributed by atoms with Gasteiger partial charge in [0.2, 0.25) is 0 Å². The molecule has 0 aliphatic heterocycles. The number of rotatable bonds is 5. The molecule has 0 spiro atoms. The van der Waals surface area contributed by atoms with E-state index in [1.54, 1.807) is 13.2 Å². The van der Waals surface area contributed by atoms with Crippen LogP contribution >= 0.6 is 0 Å². The first-order valence-electron chi connectivity index (χ1n) is 6.27. The smallest absolute Gasteiger partial charge is 0.127 e. The number of para-hydroxylation sites is 1. The van der Waals surface area contributed by atoms with Gasteiger partial charge in [0.15, 0.2) is 0 Å². The summed E-state index contributed by atoms with van der Waals surface area (Å²) in [6, 6.07) is 11.7. The molecule has 1 unspecified atom stereocenters. The van der Waals surface area contributed by atoms with Crippen LogP contribution in [-0.4, -0.2) is 25.2 Å². The van der Waals surface area contributed by atoms with E-state index in [-0.39, 0.29) is 0 Å². The van der Waals surface area contributed by atoms with Gasteiger partial charge in [-0.25, -0.2) is 4.98 Å². The molecule has 1 N–H and O–H groups in total. The second-order valence-electron chi connectivity index (χ2n) is 4.63. The third kappa shape index (κ3) is 3.21. The highest BCUT2D eigenvalue weighted by Gasteiger charge is 2.06. The van der Waals surface area contributed by atoms with Crippen molar-refractivity contribution in [3.8, 4) is 6.07 Å². The molecule has 2 rings (SSSR count). The third-order valence-corrected chi connectivity index (χ3v) is 2.92. The number of fused-ring (bicyclic) bond motifs is 1. The first-order chi connectivity index (χ1) is 9.24. The normalized spacial score (nSPS) is 12.1. The van der Waals surface area contributed by atoms with Gasteiger partial charge in [0, 0.05) is 19.0 Å². The molecule has 0 aliphatic rings. The van der Waals surface area contributed by atoms with Crippen LogP contribution in [0.5, 0.6) is 0 Å². The van der Waals surface area contributed by atoms with Gasteiger partial charge < -0.3 is 10.1 Å². The molecule has 4 nitrogen and oxygen atoms in total. The summed E-state index contributed by atoms with van der Waals surface area (Å²) >= 11 is 0. The Hall–Kier alpha value is -2.12. The zero-order valence-electron chi connectivity index (χ0n) is 11.2. The predicted octanol–water partition coefficient (Wildman–Crippen LogP) is 2.80. The van der Waals surface area contributed by atoms with Crippen LogP contribution in [-0.2, 0) is 4.74 Å². The van der Waals surface area contributed by atoms with Crippen molar-refractivity contribution in [3.05, 3.63) is 35.9 Å². The Morgan fingerprint density at radius 1 is 1.42 bits per heavy atom. The molecule has 1 heterocycles. The van der Waals surface area contributed by atoms with Gasteiger partial charge >= 0.3 is 0 Å². The number of hydrogen-bond donors (Lipinski definition) is 1. The molecule has 0 amide bonds. The van der Waals surface area contributed by atoms with Crippen LogP contribution in [0.4, 0.5) is 5.82 Å². The summed E-state index contributed by atoms with van der Waals surface area (Å²) in [7, 11) is 1.69. The van der Waals surface area contributed by atoms with E-state index in [0.29, 0.717) is 18.1 Å². The van der Waals surface area contributed by atoms with E-state index >= 15 is 0 Å². The molecule has 19 heavy (non-hydrogen) atoms. The molecule has 1 aromatic heterocycles. The zero-order valence-corrected chi connectivity index (χ0v) is 11.2. The quantitative estimate of drug-likeness (QED) is 0.892. The van der Waals surface area contributed by atoms with Crippen LogP contribution in [0.3, 0.4) is 0 Å². The Kier molecular flexibility index (Phi) is 4.32. The fraction of sp³-hybridized carbons (Fsp3) is 0.333. The number of ether oxygens (including phenoxy) is 1. The molecule has 0 bridgehead atoms. The maximum atomic E-state index is 9.20. The summed E-state index contributed by atoms with van der Waals surface area (Å²) in [6.45, 7) is 3.57. The largest absolute Gasteiger partial charge is 0.384 e. The second-order valence-corrected chi connectivity index (χ2v) is 4.63. The van der Waals surface area contributed by atoms with E-state index in [9.17, 15) is 5.26 Å². The van der Waals surface area contributed by atoms with Crippen molar-refractivity contribution in [2.24, 2.45) is 5.92 Å². The fourth-order valence-corrected chi connectivity index (χ4v) is 1.98. The molecular formula is C15H17N3O. The summed E-state index contributed by atoms with van der Waals surface area (Å²) < 4.78 is 5.09. The van der Waals surface area contributed by atoms with Gasteiger partial charge in [0.1, 0.15) is 5.82 Å². The van der Waals surface area contributed by atoms with Crippen LogP contribution in [0, 0.1) is 17.2 Å². The van der Waals surface area contributed by atoms with Crippen LogP contribution in [0.15, 0.2) is 30.3 Å². The number of nitrogens with zero attached hydrogens (tertiary/aromatic N) is 2. The molecule has 0 fully saturated rings. The molecule has 1 atom stereocenters. The molecular weight excluding hydrogens is 238 g/mol. The maximum absolute atomic E-state index is 9.20. The van der Waals surface area contributed by atoms with Gasteiger partial charge in [0.25, 0.3) is 0 Å². The van der Waals surface area contributed by atoms with Gasteiger partial charge in [-0.2, -0.15) is 5.26 Å². The Morgan fingerprint density at radius 3 is 2.95 bits per heavy atom. The highest BCUT2D eigenvalue weighted by molar-refractivity contribution is 5.86. The summed E-state index contributed by atoms with van der Waals surface area (Å²) in [5.74, 6) is 1.13. The summed E-state index contributed by atoms with van der Waals surface area (Å²) in [4.78, 5) is 4.51. The van der Waals surface area contributed by atoms with Crippen molar-refractivity contribution >= 4 is 16.7 Å². The monoisotopic (exact) mass is 255 g/mol. The number of benzene rings is 1. The highest BCUT2D eigenvalue weighted by atomic mass is 16.5. The van der Waals surface area contributed by atoms with E-state index in [4.69, 9.17) is 4.74 Å². The lowest BCUT2D eigenvalue weighted by Crippen LogP contribution is -2.16. The van der Waals surface area contributed by atoms with Gasteiger partial charge in [-0.1, -0.05) is 25.1 Å². The molecule has 0 aliphatic carbocycles. The molecule has 0 radical (unpaired) electrons. The minimum atomic E-state index is 0.392. The number of nitriles is 1. The van der Waals surface area contributed by atoms with Crippen LogP contribution < -0.4 is 5.32 Å². The maximum Gasteiger partial charge on any atom is 0.127 e. The van der Waals surface area contributed by atoms with Crippen molar-refractivity contribution in [1.29, 1.82) is 5.26 Å². The predicted molar refractivity (Wildman–Crippen MR) is 76.0 cm³/mol. The van der Waals surface area contributed by atoms with Gasteiger partial charge in [0.05, 0.1) is 23.8 Å². The SMILES string of the molecule is COCC(C)CNc1cc(C#N)c2ccccc2n1. The minimum absolute atomic E-state index is 0.392. The molecule has 0 saturated carbocycles. The van der Waals surface area contributed by atoms with E-state index in [1.165, 1.54) is 0 Å². The standard InChI is InChI=1S/C15H17N3O/c1-11(10-19-2)9-17-15-7-12(8-16)13-5-3-4-6-14(13)18-15/h3-7,11H,9-10H2,1-2H3,(H,17,18). The fourth-order valence-electron chi connectivity index (χ4n) is 1.98. The first kappa shape index (κ1) is 13.3. The molecule has 4 heteroatoms. The van der Waals surface area contributed by atoms with Crippen LogP contribution in [0.2, 0.25) is 0 Å². The number of nitrogens with one attached hydrogen (secondary N) is 1. The van der Waals surface area contributed by atoms with Crippen LogP contribution in [0.1, 0.15) is 12.5 Å². The highest BCUT2D eigenvalue weighted by Crippen LogP contribution is 2.20. The molecule has 0 saturated heterocycles. The lowest BCUT2D eigenvalue weighted by molar-refractivity contribution is 0.164. The van der Waals surface area contributed by atoms with E-state index in [1.807, 2.05) is 24.3 Å². The lowest BCUT2D eigenvalue weighted by atomic mass is 10.1. The average Bonchev–Trinajstić information content (AvgIpc) is 2.44. The van der Waals surface area contributed by atoms with E-state index < -0.39 is 0 Å². The zero-order chi connectivity index (χ0) is 13.7. The molecule has 2 aromatic rings. The number of anilines is 1. The van der Waals surface area contributed by atoms with Crippen molar-refractivity contribution in [2.75, 3.05) is 25.6 Å².